The van der Waals surface area contributed by atoms with Crippen molar-refractivity contribution < 1.29 is 64.3 Å². The van der Waals surface area contributed by atoms with E-state index in [1.807, 2.05) is 12.1 Å². The van der Waals surface area contributed by atoms with Crippen molar-refractivity contribution in [1.82, 2.24) is 15.1 Å². The topological polar surface area (TPSA) is 157 Å². The van der Waals surface area contributed by atoms with Gasteiger partial charge >= 0.3 is 29.6 Å². The van der Waals surface area contributed by atoms with Crippen molar-refractivity contribution in [3.8, 4) is 0 Å². The molecule has 11 heteroatoms. The molecule has 150 valence electrons. The molecule has 2 aromatic rings. The predicted molar refractivity (Wildman–Crippen MR) is 93.4 cm³/mol. The molecule has 1 aliphatic rings. The van der Waals surface area contributed by atoms with Crippen LogP contribution in [0.5, 0.6) is 0 Å². The average Bonchev–Trinajstić information content (AvgIpc) is 3.10. The summed E-state index contributed by atoms with van der Waals surface area (Å²) < 4.78 is 6.74. The first-order valence-electron chi connectivity index (χ1n) is 8.59. The second kappa shape index (κ2) is 9.70. The molecule has 1 aromatic carbocycles. The number of fused-ring (bicyclic) bond motifs is 1. The molecule has 0 fully saturated rings. The molecule has 5 atom stereocenters. The van der Waals surface area contributed by atoms with E-state index in [0.717, 1.165) is 5.39 Å². The fraction of sp³-hybridized carbons (Fsp3) is 0.389. The molecule has 1 aliphatic heterocycles. The van der Waals surface area contributed by atoms with Crippen LogP contribution in [0, 0.1) is 0 Å². The summed E-state index contributed by atoms with van der Waals surface area (Å²) in [5.41, 5.74) is 0.645. The maximum atomic E-state index is 11.7. The second-order valence-corrected chi connectivity index (χ2v) is 6.53. The number of amides is 1. The molecule has 29 heavy (non-hydrogen) atoms. The Morgan fingerprint density at radius 2 is 2.03 bits per heavy atom. The Hall–Kier alpha value is -1.95. The number of nitrogens with zero attached hydrogens (tertiary/aromatic N) is 2. The standard InChI is InChI=1S/C18H21N3O7.Na/c1-9(23)19-15-12(21-7-10-4-2-3-5-11(10)20-21)6-14(18(26)27)28-17(15)16(25)13(24)8-22;/h2-7,12-13,15-17,22,24-25H,8H2,1H3,(H,19,23)(H,26,27);/q;+1/p-1/t12-,13+,15+,16+,17+;/m0./s1. The van der Waals surface area contributed by atoms with Gasteiger partial charge in [-0.2, -0.15) is 5.10 Å². The number of carboxylic acids is 1. The van der Waals surface area contributed by atoms with Crippen LogP contribution in [-0.2, 0) is 14.3 Å². The normalized spacial score (nSPS) is 23.3. The molecule has 2 heterocycles. The van der Waals surface area contributed by atoms with Gasteiger partial charge in [-0.3, -0.25) is 9.48 Å². The molecule has 1 aromatic heterocycles. The van der Waals surface area contributed by atoms with Crippen molar-refractivity contribution >= 4 is 22.8 Å². The SMILES string of the molecule is CC(=O)N[C@H]1[C@H]([C@H](O)[C@H](O)CO)OC(C(=O)[O-])=C[C@@H]1n1cc2ccccc2n1.[Na+]. The number of rotatable bonds is 6. The van der Waals surface area contributed by atoms with E-state index in [4.69, 9.17) is 9.84 Å². The number of hydrogen-bond acceptors (Lipinski definition) is 8. The summed E-state index contributed by atoms with van der Waals surface area (Å²) in [5.74, 6) is -2.66. The van der Waals surface area contributed by atoms with E-state index >= 15 is 0 Å². The third-order valence-corrected chi connectivity index (χ3v) is 4.53. The van der Waals surface area contributed by atoms with E-state index in [1.165, 1.54) is 17.7 Å². The first kappa shape index (κ1) is 23.3. The van der Waals surface area contributed by atoms with Gasteiger partial charge in [0.2, 0.25) is 5.91 Å². The fourth-order valence-electron chi connectivity index (χ4n) is 3.22. The molecule has 0 spiro atoms. The molecule has 10 nitrogen and oxygen atoms in total. The number of benzene rings is 1. The van der Waals surface area contributed by atoms with Gasteiger partial charge in [-0.1, -0.05) is 18.2 Å². The van der Waals surface area contributed by atoms with Gasteiger partial charge in [-0.15, -0.1) is 0 Å². The predicted octanol–water partition coefficient (Wildman–Crippen LogP) is -5.17. The minimum Gasteiger partial charge on any atom is -0.542 e. The van der Waals surface area contributed by atoms with Gasteiger partial charge < -0.3 is 35.3 Å². The minimum absolute atomic E-state index is 0. The first-order chi connectivity index (χ1) is 13.3. The molecular formula is C18H20N3NaO7. The zero-order valence-corrected chi connectivity index (χ0v) is 17.9. The molecule has 0 radical (unpaired) electrons. The smallest absolute Gasteiger partial charge is 0.542 e. The largest absolute Gasteiger partial charge is 1.00 e. The van der Waals surface area contributed by atoms with Crippen LogP contribution in [-0.4, -0.2) is 67.9 Å². The summed E-state index contributed by atoms with van der Waals surface area (Å²) in [6.45, 7) is 0.467. The number of aliphatic hydroxyl groups is 3. The monoisotopic (exact) mass is 413 g/mol. The van der Waals surface area contributed by atoms with Crippen LogP contribution in [0.4, 0.5) is 0 Å². The zero-order chi connectivity index (χ0) is 20.4. The van der Waals surface area contributed by atoms with Crippen LogP contribution in [0.2, 0.25) is 0 Å². The van der Waals surface area contributed by atoms with Crippen LogP contribution >= 0.6 is 0 Å². The number of carbonyl (C=O) groups is 2. The summed E-state index contributed by atoms with van der Waals surface area (Å²) in [6.07, 6.45) is -1.79. The van der Waals surface area contributed by atoms with E-state index in [9.17, 15) is 24.9 Å². The minimum atomic E-state index is -1.68. The summed E-state index contributed by atoms with van der Waals surface area (Å²) in [5, 5.41) is 48.6. The Morgan fingerprint density at radius 1 is 1.34 bits per heavy atom. The third kappa shape index (κ3) is 4.97. The summed E-state index contributed by atoms with van der Waals surface area (Å²) in [7, 11) is 0. The summed E-state index contributed by atoms with van der Waals surface area (Å²) in [4.78, 5) is 23.2. The van der Waals surface area contributed by atoms with Crippen molar-refractivity contribution in [1.29, 1.82) is 0 Å². The number of aliphatic hydroxyl groups excluding tert-OH is 3. The third-order valence-electron chi connectivity index (χ3n) is 4.53. The Bertz CT molecular complexity index is 883. The van der Waals surface area contributed by atoms with Crippen molar-refractivity contribution in [2.45, 2.75) is 37.3 Å². The Labute approximate surface area is 188 Å². The zero-order valence-electron chi connectivity index (χ0n) is 15.9. The molecule has 0 saturated carbocycles. The number of aliphatic carboxylic acids is 1. The van der Waals surface area contributed by atoms with Crippen LogP contribution in [0.3, 0.4) is 0 Å². The first-order valence-corrected chi connectivity index (χ1v) is 8.59. The molecule has 1 amide bonds. The molecule has 3 rings (SSSR count). The van der Waals surface area contributed by atoms with Crippen molar-refractivity contribution in [3.63, 3.8) is 0 Å². The quantitative estimate of drug-likeness (QED) is 0.343. The number of aromatic nitrogens is 2. The van der Waals surface area contributed by atoms with E-state index in [0.29, 0.717) is 5.52 Å². The Morgan fingerprint density at radius 3 is 2.62 bits per heavy atom. The number of carboxylic acid groups (broad SMARTS) is 1. The van der Waals surface area contributed by atoms with Gasteiger partial charge in [-0.25, -0.2) is 0 Å². The van der Waals surface area contributed by atoms with E-state index in [2.05, 4.69) is 10.4 Å². The molecule has 0 bridgehead atoms. The fourth-order valence-corrected chi connectivity index (χ4v) is 3.22. The molecule has 0 saturated heterocycles. The van der Waals surface area contributed by atoms with Gasteiger partial charge in [-0.05, 0) is 12.1 Å². The number of hydrogen-bond donors (Lipinski definition) is 4. The number of ether oxygens (including phenoxy) is 1. The Balaban J connectivity index is 0.00000300. The summed E-state index contributed by atoms with van der Waals surface area (Å²) in [6, 6.07) is 5.35. The van der Waals surface area contributed by atoms with Gasteiger partial charge in [0.05, 0.1) is 24.2 Å². The van der Waals surface area contributed by atoms with Crippen LogP contribution in [0.1, 0.15) is 13.0 Å². The van der Waals surface area contributed by atoms with E-state index in [1.54, 1.807) is 18.3 Å². The number of carbonyl (C=O) groups excluding carboxylic acids is 2. The van der Waals surface area contributed by atoms with E-state index < -0.39 is 54.6 Å². The average molecular weight is 413 g/mol. The van der Waals surface area contributed by atoms with Crippen LogP contribution in [0.25, 0.3) is 10.9 Å². The molecule has 0 unspecified atom stereocenters. The van der Waals surface area contributed by atoms with E-state index in [-0.39, 0.29) is 29.6 Å². The maximum Gasteiger partial charge on any atom is 1.00 e. The van der Waals surface area contributed by atoms with Gasteiger partial charge in [0.15, 0.2) is 0 Å². The molecule has 4 N–H and O–H groups in total. The maximum absolute atomic E-state index is 11.7. The van der Waals surface area contributed by atoms with Crippen LogP contribution in [0.15, 0.2) is 42.3 Å². The van der Waals surface area contributed by atoms with Gasteiger partial charge in [0, 0.05) is 18.5 Å². The van der Waals surface area contributed by atoms with Crippen molar-refractivity contribution in [2.75, 3.05) is 6.61 Å². The van der Waals surface area contributed by atoms with Gasteiger partial charge in [0.1, 0.15) is 30.0 Å². The second-order valence-electron chi connectivity index (χ2n) is 6.53. The van der Waals surface area contributed by atoms with Gasteiger partial charge in [0.25, 0.3) is 0 Å². The molecular weight excluding hydrogens is 393 g/mol. The summed E-state index contributed by atoms with van der Waals surface area (Å²) >= 11 is 0. The number of nitrogens with one attached hydrogen (secondary N) is 1. The Kier molecular flexibility index (Phi) is 7.80. The molecule has 0 aliphatic carbocycles. The van der Waals surface area contributed by atoms with Crippen molar-refractivity contribution in [3.05, 3.63) is 42.3 Å². The van der Waals surface area contributed by atoms with Crippen LogP contribution < -0.4 is 40.0 Å². The van der Waals surface area contributed by atoms with Crippen molar-refractivity contribution in [2.24, 2.45) is 0 Å².